The molecule has 3 rings (SSSR count). The van der Waals surface area contributed by atoms with Crippen LogP contribution >= 0.6 is 11.6 Å². The van der Waals surface area contributed by atoms with Crippen LogP contribution in [0.25, 0.3) is 0 Å². The van der Waals surface area contributed by atoms with Crippen LogP contribution in [0.5, 0.6) is 0 Å². The zero-order chi connectivity index (χ0) is 18.4. The van der Waals surface area contributed by atoms with Crippen LogP contribution < -0.4 is 0 Å². The normalized spacial score (nSPS) is 15.9. The largest absolute Gasteiger partial charge is 0.332 e. The highest BCUT2D eigenvalue weighted by Gasteiger charge is 2.22. The van der Waals surface area contributed by atoms with Crippen molar-refractivity contribution in [2.45, 2.75) is 32.7 Å². The van der Waals surface area contributed by atoms with E-state index in [0.717, 1.165) is 31.1 Å². The minimum Gasteiger partial charge on any atom is -0.332 e. The summed E-state index contributed by atoms with van der Waals surface area (Å²) in [5, 5.41) is 7.38. The number of hydrogen-bond acceptors (Lipinski definition) is 3. The number of amides is 1. The number of carbonyl (C=O) groups is 1. The molecule has 2 heterocycles. The molecule has 0 spiro atoms. The second kappa shape index (κ2) is 9.19. The minimum absolute atomic E-state index is 0.0362. The molecule has 1 N–H and O–H groups in total. The molecule has 1 fully saturated rings. The Morgan fingerprint density at radius 2 is 2.08 bits per heavy atom. The topological polar surface area (TPSA) is 52.2 Å². The second-order valence-corrected chi connectivity index (χ2v) is 7.39. The number of hydrogen-bond donors (Lipinski definition) is 1. The molecule has 1 aliphatic rings. The van der Waals surface area contributed by atoms with E-state index in [1.165, 1.54) is 19.3 Å². The summed E-state index contributed by atoms with van der Waals surface area (Å²) in [5.41, 5.74) is 1.48. The number of carbonyl (C=O) groups excluding carboxylic acids is 1. The predicted molar refractivity (Wildman–Crippen MR) is 104 cm³/mol. The van der Waals surface area contributed by atoms with Crippen LogP contribution in [-0.2, 0) is 6.54 Å². The van der Waals surface area contributed by atoms with Gasteiger partial charge in [-0.15, -0.1) is 0 Å². The van der Waals surface area contributed by atoms with Gasteiger partial charge in [0.15, 0.2) is 0 Å². The summed E-state index contributed by atoms with van der Waals surface area (Å²) >= 11 is 6.31. The maximum Gasteiger partial charge on any atom is 0.272 e. The van der Waals surface area contributed by atoms with Gasteiger partial charge in [-0.2, -0.15) is 5.10 Å². The zero-order valence-corrected chi connectivity index (χ0v) is 16.1. The lowest BCUT2D eigenvalue weighted by molar-refractivity contribution is 0.0701. The Labute approximate surface area is 160 Å². The van der Waals surface area contributed by atoms with Crippen molar-refractivity contribution in [1.82, 2.24) is 20.0 Å². The van der Waals surface area contributed by atoms with Crippen LogP contribution in [0.4, 0.5) is 0 Å². The standard InChI is InChI=1S/C20H27ClN4O/c1-2-16-8-11-24(12-9-16)13-14-25(20(26)19-7-10-22-23-19)15-17-5-3-4-6-18(17)21/h3-7,10,16H,2,8-9,11-15H2,1H3,(H,22,23). The number of nitrogens with one attached hydrogen (secondary N) is 1. The number of likely N-dealkylation sites (tertiary alicyclic amines) is 1. The van der Waals surface area contributed by atoms with Crippen LogP contribution in [0.2, 0.25) is 5.02 Å². The highest BCUT2D eigenvalue weighted by Crippen LogP contribution is 2.21. The zero-order valence-electron chi connectivity index (χ0n) is 15.3. The van der Waals surface area contributed by atoms with Gasteiger partial charge in [0, 0.05) is 30.9 Å². The molecule has 1 aromatic heterocycles. The molecule has 0 atom stereocenters. The Bertz CT molecular complexity index is 696. The molecule has 0 bridgehead atoms. The Morgan fingerprint density at radius 1 is 1.31 bits per heavy atom. The molecular formula is C20H27ClN4O. The van der Waals surface area contributed by atoms with Crippen LogP contribution in [-0.4, -0.2) is 52.1 Å². The average molecular weight is 375 g/mol. The summed E-state index contributed by atoms with van der Waals surface area (Å²) in [6, 6.07) is 9.42. The lowest BCUT2D eigenvalue weighted by atomic mass is 9.94. The van der Waals surface area contributed by atoms with Crippen molar-refractivity contribution in [2.75, 3.05) is 26.2 Å². The molecular weight excluding hydrogens is 348 g/mol. The SMILES string of the molecule is CCC1CCN(CCN(Cc2ccccc2Cl)C(=O)c2ccn[nH]2)CC1. The van der Waals surface area contributed by atoms with Gasteiger partial charge in [0.25, 0.3) is 5.91 Å². The van der Waals surface area contributed by atoms with Crippen molar-refractivity contribution < 1.29 is 4.79 Å². The summed E-state index contributed by atoms with van der Waals surface area (Å²) in [7, 11) is 0. The van der Waals surface area contributed by atoms with Crippen molar-refractivity contribution in [3.05, 3.63) is 52.8 Å². The molecule has 0 saturated carbocycles. The number of halogens is 1. The maximum absolute atomic E-state index is 12.9. The first-order valence-electron chi connectivity index (χ1n) is 9.41. The molecule has 0 unspecified atom stereocenters. The van der Waals surface area contributed by atoms with E-state index in [1.54, 1.807) is 12.3 Å². The molecule has 1 aromatic carbocycles. The van der Waals surface area contributed by atoms with E-state index in [-0.39, 0.29) is 5.91 Å². The molecule has 1 aliphatic heterocycles. The first-order chi connectivity index (χ1) is 12.7. The van der Waals surface area contributed by atoms with Crippen molar-refractivity contribution in [2.24, 2.45) is 5.92 Å². The van der Waals surface area contributed by atoms with Gasteiger partial charge in [-0.05, 0) is 49.5 Å². The average Bonchev–Trinajstić information content (AvgIpc) is 3.21. The van der Waals surface area contributed by atoms with Gasteiger partial charge < -0.3 is 9.80 Å². The van der Waals surface area contributed by atoms with E-state index in [2.05, 4.69) is 22.0 Å². The minimum atomic E-state index is -0.0362. The number of nitrogens with zero attached hydrogens (tertiary/aromatic N) is 3. The number of rotatable bonds is 7. The molecule has 26 heavy (non-hydrogen) atoms. The smallest absolute Gasteiger partial charge is 0.272 e. The fourth-order valence-corrected chi connectivity index (χ4v) is 3.71. The molecule has 0 radical (unpaired) electrons. The first kappa shape index (κ1) is 18.9. The van der Waals surface area contributed by atoms with Crippen LogP contribution in [0.1, 0.15) is 42.2 Å². The van der Waals surface area contributed by atoms with E-state index in [1.807, 2.05) is 29.2 Å². The maximum atomic E-state index is 12.9. The second-order valence-electron chi connectivity index (χ2n) is 6.98. The number of aromatic amines is 1. The van der Waals surface area contributed by atoms with Crippen LogP contribution in [0, 0.1) is 5.92 Å². The fraction of sp³-hybridized carbons (Fsp3) is 0.500. The lowest BCUT2D eigenvalue weighted by Crippen LogP contribution is -2.41. The van der Waals surface area contributed by atoms with Crippen molar-refractivity contribution in [1.29, 1.82) is 0 Å². The number of benzene rings is 1. The third-order valence-electron chi connectivity index (χ3n) is 5.31. The van der Waals surface area contributed by atoms with Gasteiger partial charge in [0.05, 0.1) is 0 Å². The van der Waals surface area contributed by atoms with Crippen molar-refractivity contribution in [3.8, 4) is 0 Å². The lowest BCUT2D eigenvalue weighted by Gasteiger charge is -2.33. The van der Waals surface area contributed by atoms with Crippen molar-refractivity contribution >= 4 is 17.5 Å². The fourth-order valence-electron chi connectivity index (χ4n) is 3.51. The quantitative estimate of drug-likeness (QED) is 0.801. The van der Waals surface area contributed by atoms with Gasteiger partial charge in [0.1, 0.15) is 5.69 Å². The van der Waals surface area contributed by atoms with Crippen molar-refractivity contribution in [3.63, 3.8) is 0 Å². The molecule has 5 nitrogen and oxygen atoms in total. The highest BCUT2D eigenvalue weighted by molar-refractivity contribution is 6.31. The van der Waals surface area contributed by atoms with Gasteiger partial charge in [0.2, 0.25) is 0 Å². The van der Waals surface area contributed by atoms with Gasteiger partial charge in [-0.25, -0.2) is 0 Å². The summed E-state index contributed by atoms with van der Waals surface area (Å²) in [6.07, 6.45) is 5.40. The molecule has 2 aromatic rings. The summed E-state index contributed by atoms with van der Waals surface area (Å²) in [6.45, 7) is 6.59. The van der Waals surface area contributed by atoms with Gasteiger partial charge >= 0.3 is 0 Å². The molecule has 140 valence electrons. The summed E-state index contributed by atoms with van der Waals surface area (Å²) < 4.78 is 0. The monoisotopic (exact) mass is 374 g/mol. The van der Waals surface area contributed by atoms with E-state index < -0.39 is 0 Å². The third kappa shape index (κ3) is 4.86. The Hall–Kier alpha value is -1.85. The van der Waals surface area contributed by atoms with Gasteiger partial charge in [-0.1, -0.05) is 43.1 Å². The Morgan fingerprint density at radius 3 is 2.73 bits per heavy atom. The van der Waals surface area contributed by atoms with E-state index >= 15 is 0 Å². The number of piperidine rings is 1. The molecule has 6 heteroatoms. The highest BCUT2D eigenvalue weighted by atomic mass is 35.5. The Balaban J connectivity index is 1.65. The molecule has 1 amide bonds. The molecule has 0 aliphatic carbocycles. The van der Waals surface area contributed by atoms with E-state index in [0.29, 0.717) is 23.8 Å². The number of aromatic nitrogens is 2. The first-order valence-corrected chi connectivity index (χ1v) is 9.79. The van der Waals surface area contributed by atoms with Crippen LogP contribution in [0.15, 0.2) is 36.5 Å². The van der Waals surface area contributed by atoms with E-state index in [4.69, 9.17) is 11.6 Å². The summed E-state index contributed by atoms with van der Waals surface area (Å²) in [5.74, 6) is 0.822. The van der Waals surface area contributed by atoms with E-state index in [9.17, 15) is 4.79 Å². The number of H-pyrrole nitrogens is 1. The third-order valence-corrected chi connectivity index (χ3v) is 5.68. The van der Waals surface area contributed by atoms with Crippen LogP contribution in [0.3, 0.4) is 0 Å². The Kier molecular flexibility index (Phi) is 6.69. The molecule has 1 saturated heterocycles. The van der Waals surface area contributed by atoms with Gasteiger partial charge in [-0.3, -0.25) is 9.89 Å². The summed E-state index contributed by atoms with van der Waals surface area (Å²) in [4.78, 5) is 17.2. The predicted octanol–water partition coefficient (Wildman–Crippen LogP) is 3.83.